The molecule has 0 unspecified atom stereocenters. The van der Waals surface area contributed by atoms with Crippen molar-refractivity contribution < 1.29 is 4.74 Å². The van der Waals surface area contributed by atoms with E-state index in [4.69, 9.17) is 16.3 Å². The average Bonchev–Trinajstić information content (AvgIpc) is 2.47. The minimum Gasteiger partial charge on any atom is -0.378 e. The Labute approximate surface area is 115 Å². The van der Waals surface area contributed by atoms with Crippen molar-refractivity contribution in [2.24, 2.45) is 0 Å². The third-order valence-electron chi connectivity index (χ3n) is 3.10. The lowest BCUT2D eigenvalue weighted by Crippen LogP contribution is -2.36. The molecule has 1 aliphatic heterocycles. The zero-order chi connectivity index (χ0) is 13.2. The van der Waals surface area contributed by atoms with Gasteiger partial charge in [0.05, 0.1) is 35.5 Å². The van der Waals surface area contributed by atoms with E-state index in [2.05, 4.69) is 20.9 Å². The Bertz CT molecular complexity index is 661. The summed E-state index contributed by atoms with van der Waals surface area (Å²) in [6.07, 6.45) is 1.72. The fraction of sp³-hybridized carbons (Fsp3) is 0.308. The van der Waals surface area contributed by atoms with Gasteiger partial charge in [-0.1, -0.05) is 11.6 Å². The van der Waals surface area contributed by atoms with Gasteiger partial charge in [0.15, 0.2) is 0 Å². The van der Waals surface area contributed by atoms with Crippen LogP contribution in [0.5, 0.6) is 0 Å². The van der Waals surface area contributed by atoms with Crippen LogP contribution in [0.4, 0.5) is 5.82 Å². The Kier molecular flexibility index (Phi) is 3.20. The van der Waals surface area contributed by atoms with Gasteiger partial charge in [0.1, 0.15) is 17.4 Å². The summed E-state index contributed by atoms with van der Waals surface area (Å²) in [6.45, 7) is 2.92. The van der Waals surface area contributed by atoms with Crippen molar-refractivity contribution in [2.75, 3.05) is 31.2 Å². The van der Waals surface area contributed by atoms with Gasteiger partial charge in [-0.15, -0.1) is 0 Å². The number of morpholine rings is 1. The van der Waals surface area contributed by atoms with E-state index in [1.807, 2.05) is 0 Å². The second-order valence-electron chi connectivity index (χ2n) is 4.23. The highest BCUT2D eigenvalue weighted by Gasteiger charge is 2.15. The van der Waals surface area contributed by atoms with Gasteiger partial charge in [-0.05, 0) is 12.1 Å². The number of anilines is 1. The number of benzene rings is 1. The molecule has 0 saturated carbocycles. The molecule has 0 radical (unpaired) electrons. The van der Waals surface area contributed by atoms with Crippen molar-refractivity contribution in [2.45, 2.75) is 0 Å². The van der Waals surface area contributed by atoms with Gasteiger partial charge >= 0.3 is 0 Å². The molecule has 1 fully saturated rings. The maximum Gasteiger partial charge on any atom is 0.148 e. The predicted molar refractivity (Wildman–Crippen MR) is 72.3 cm³/mol. The van der Waals surface area contributed by atoms with Crippen molar-refractivity contribution >= 4 is 28.5 Å². The highest BCUT2D eigenvalue weighted by Crippen LogP contribution is 2.24. The van der Waals surface area contributed by atoms with E-state index in [0.29, 0.717) is 34.8 Å². The first-order valence-corrected chi connectivity index (χ1v) is 6.35. The fourth-order valence-corrected chi connectivity index (χ4v) is 2.29. The van der Waals surface area contributed by atoms with Gasteiger partial charge in [0, 0.05) is 13.1 Å². The number of hydrogen-bond donors (Lipinski definition) is 0. The molecule has 0 amide bonds. The Morgan fingerprint density at radius 1 is 1.32 bits per heavy atom. The number of ether oxygens (including phenoxy) is 1. The van der Waals surface area contributed by atoms with Crippen molar-refractivity contribution in [3.63, 3.8) is 0 Å². The summed E-state index contributed by atoms with van der Waals surface area (Å²) in [7, 11) is 0. The summed E-state index contributed by atoms with van der Waals surface area (Å²) in [4.78, 5) is 11.0. The van der Waals surface area contributed by atoms with E-state index < -0.39 is 0 Å². The standard InChI is InChI=1S/C13H11ClN4O/c14-10-1-2-11-13(9(10)7-15)17-12(8-16-11)18-3-5-19-6-4-18/h1-2,8H,3-6H2. The molecule has 0 atom stereocenters. The van der Waals surface area contributed by atoms with Crippen LogP contribution in [0.2, 0.25) is 5.02 Å². The molecule has 6 heteroatoms. The molecule has 1 aromatic carbocycles. The lowest BCUT2D eigenvalue weighted by atomic mass is 10.2. The van der Waals surface area contributed by atoms with Crippen LogP contribution in [0.15, 0.2) is 18.3 Å². The minimum atomic E-state index is 0.377. The van der Waals surface area contributed by atoms with Gasteiger partial charge in [-0.3, -0.25) is 4.98 Å². The summed E-state index contributed by atoms with van der Waals surface area (Å²) < 4.78 is 5.31. The molecule has 1 aromatic heterocycles. The quantitative estimate of drug-likeness (QED) is 0.796. The van der Waals surface area contributed by atoms with Gasteiger partial charge in [-0.2, -0.15) is 5.26 Å². The molecule has 0 bridgehead atoms. The maximum atomic E-state index is 9.18. The largest absolute Gasteiger partial charge is 0.378 e. The average molecular weight is 275 g/mol. The van der Waals surface area contributed by atoms with Crippen LogP contribution < -0.4 is 4.90 Å². The zero-order valence-corrected chi connectivity index (χ0v) is 10.9. The van der Waals surface area contributed by atoms with Gasteiger partial charge < -0.3 is 9.64 Å². The monoisotopic (exact) mass is 274 g/mol. The molecule has 1 saturated heterocycles. The third kappa shape index (κ3) is 2.21. The lowest BCUT2D eigenvalue weighted by molar-refractivity contribution is 0.122. The van der Waals surface area contributed by atoms with Crippen LogP contribution in [0.3, 0.4) is 0 Å². The van der Waals surface area contributed by atoms with Crippen molar-refractivity contribution in [1.82, 2.24) is 9.97 Å². The van der Waals surface area contributed by atoms with Crippen molar-refractivity contribution in [1.29, 1.82) is 5.26 Å². The smallest absolute Gasteiger partial charge is 0.148 e. The normalized spacial score (nSPS) is 15.5. The molecular weight excluding hydrogens is 264 g/mol. The Balaban J connectivity index is 2.11. The van der Waals surface area contributed by atoms with Crippen molar-refractivity contribution in [3.8, 4) is 6.07 Å². The number of nitriles is 1. The maximum absolute atomic E-state index is 9.18. The lowest BCUT2D eigenvalue weighted by Gasteiger charge is -2.27. The molecule has 1 aliphatic rings. The topological polar surface area (TPSA) is 62.0 Å². The summed E-state index contributed by atoms with van der Waals surface area (Å²) in [5, 5.41) is 9.59. The molecule has 0 spiro atoms. The number of nitrogens with zero attached hydrogens (tertiary/aromatic N) is 4. The minimum absolute atomic E-state index is 0.377. The first-order chi connectivity index (χ1) is 9.29. The SMILES string of the molecule is N#Cc1c(Cl)ccc2ncc(N3CCOCC3)nc12. The highest BCUT2D eigenvalue weighted by molar-refractivity contribution is 6.32. The molecule has 19 heavy (non-hydrogen) atoms. The molecule has 2 aromatic rings. The first kappa shape index (κ1) is 12.2. The Morgan fingerprint density at radius 2 is 2.11 bits per heavy atom. The highest BCUT2D eigenvalue weighted by atomic mass is 35.5. The third-order valence-corrected chi connectivity index (χ3v) is 3.41. The van der Waals surface area contributed by atoms with Gasteiger partial charge in [0.2, 0.25) is 0 Å². The number of rotatable bonds is 1. The van der Waals surface area contributed by atoms with Crippen LogP contribution in [0.1, 0.15) is 5.56 Å². The van der Waals surface area contributed by atoms with Crippen LogP contribution in [-0.2, 0) is 4.74 Å². The van der Waals surface area contributed by atoms with Gasteiger partial charge in [-0.25, -0.2) is 4.98 Å². The molecule has 5 nitrogen and oxygen atoms in total. The van der Waals surface area contributed by atoms with E-state index in [-0.39, 0.29) is 0 Å². The number of aromatic nitrogens is 2. The second-order valence-corrected chi connectivity index (χ2v) is 4.64. The number of fused-ring (bicyclic) bond motifs is 1. The van der Waals surface area contributed by atoms with E-state index in [1.54, 1.807) is 18.3 Å². The van der Waals surface area contributed by atoms with Crippen LogP contribution in [0, 0.1) is 11.3 Å². The van der Waals surface area contributed by atoms with Crippen LogP contribution in [-0.4, -0.2) is 36.3 Å². The Hall–Kier alpha value is -1.90. The summed E-state index contributed by atoms with van der Waals surface area (Å²) >= 11 is 6.02. The summed E-state index contributed by atoms with van der Waals surface area (Å²) in [5.74, 6) is 0.759. The van der Waals surface area contributed by atoms with E-state index in [9.17, 15) is 5.26 Å². The zero-order valence-electron chi connectivity index (χ0n) is 10.1. The molecule has 0 aliphatic carbocycles. The molecule has 96 valence electrons. The van der Waals surface area contributed by atoms with Crippen LogP contribution in [0.25, 0.3) is 11.0 Å². The molecule has 0 N–H and O–H groups in total. The predicted octanol–water partition coefficient (Wildman–Crippen LogP) is 1.99. The second kappa shape index (κ2) is 5.00. The number of halogens is 1. The molecule has 2 heterocycles. The van der Waals surface area contributed by atoms with Crippen molar-refractivity contribution in [3.05, 3.63) is 28.9 Å². The van der Waals surface area contributed by atoms with E-state index >= 15 is 0 Å². The summed E-state index contributed by atoms with van der Waals surface area (Å²) in [6, 6.07) is 5.54. The first-order valence-electron chi connectivity index (χ1n) is 5.97. The molecular formula is C13H11ClN4O. The Morgan fingerprint density at radius 3 is 2.84 bits per heavy atom. The number of hydrogen-bond acceptors (Lipinski definition) is 5. The van der Waals surface area contributed by atoms with Crippen LogP contribution >= 0.6 is 11.6 Å². The fourth-order valence-electron chi connectivity index (χ4n) is 2.09. The van der Waals surface area contributed by atoms with Gasteiger partial charge in [0.25, 0.3) is 0 Å². The van der Waals surface area contributed by atoms with E-state index in [1.165, 1.54) is 0 Å². The van der Waals surface area contributed by atoms with E-state index in [0.717, 1.165) is 18.9 Å². The molecule has 3 rings (SSSR count). The summed E-state index contributed by atoms with van der Waals surface area (Å²) in [5.41, 5.74) is 1.61.